The number of hydrogen-bond acceptors (Lipinski definition) is 2. The second-order valence-corrected chi connectivity index (χ2v) is 4.93. The van der Waals surface area contributed by atoms with Gasteiger partial charge in [0, 0.05) is 16.3 Å². The summed E-state index contributed by atoms with van der Waals surface area (Å²) in [5, 5.41) is 4.05. The van der Waals surface area contributed by atoms with Gasteiger partial charge in [-0.15, -0.1) is 0 Å². The van der Waals surface area contributed by atoms with Crippen LogP contribution < -0.4 is 5.32 Å². The second-order valence-electron chi connectivity index (χ2n) is 2.53. The minimum Gasteiger partial charge on any atom is -0.312 e. The maximum atomic E-state index is 3.74. The Morgan fingerprint density at radius 3 is 2.82 bits per heavy atom. The van der Waals surface area contributed by atoms with Crippen LogP contribution in [0.5, 0.6) is 0 Å². The van der Waals surface area contributed by atoms with E-state index < -0.39 is 0 Å². The van der Waals surface area contributed by atoms with Crippen LogP contribution in [0.3, 0.4) is 0 Å². The van der Waals surface area contributed by atoms with Gasteiger partial charge in [0.1, 0.15) is 0 Å². The molecule has 0 rings (SSSR count). The zero-order chi connectivity index (χ0) is 8.69. The molecule has 0 fully saturated rings. The molecule has 1 unspecified atom stereocenters. The summed E-state index contributed by atoms with van der Waals surface area (Å²) in [6.07, 6.45) is 3.37. The van der Waals surface area contributed by atoms with Gasteiger partial charge in [-0.1, -0.05) is 29.4 Å². The highest BCUT2D eigenvalue weighted by molar-refractivity contribution is 9.11. The van der Waals surface area contributed by atoms with Crippen LogP contribution in [0.15, 0.2) is 11.1 Å². The van der Waals surface area contributed by atoms with Crippen LogP contribution in [0.25, 0.3) is 0 Å². The minimum absolute atomic E-state index is 0.756. The van der Waals surface area contributed by atoms with E-state index in [-0.39, 0.29) is 0 Å². The molecule has 11 heavy (non-hydrogen) atoms. The van der Waals surface area contributed by atoms with Crippen molar-refractivity contribution in [1.29, 1.82) is 0 Å². The Hall–Kier alpha value is 0.530. The summed E-state index contributed by atoms with van der Waals surface area (Å²) < 4.78 is 1.02. The molecule has 1 atom stereocenters. The number of thioether (sulfide) groups is 1. The lowest BCUT2D eigenvalue weighted by atomic mass is 10.3. The Morgan fingerprint density at radius 2 is 2.36 bits per heavy atom. The summed E-state index contributed by atoms with van der Waals surface area (Å²) in [6, 6.07) is 0. The monoisotopic (exact) mass is 237 g/mol. The van der Waals surface area contributed by atoms with Crippen LogP contribution in [-0.4, -0.2) is 24.6 Å². The quantitative estimate of drug-likeness (QED) is 0.714. The number of rotatable bonds is 6. The molecule has 66 valence electrons. The summed E-state index contributed by atoms with van der Waals surface area (Å²) in [7, 11) is 0. The molecule has 0 heterocycles. The Morgan fingerprint density at radius 1 is 1.73 bits per heavy atom. The van der Waals surface area contributed by atoms with Crippen molar-refractivity contribution >= 4 is 27.7 Å². The van der Waals surface area contributed by atoms with Crippen molar-refractivity contribution in [3.8, 4) is 0 Å². The predicted octanol–water partition coefficient (Wildman–Crippen LogP) is 2.63. The average Bonchev–Trinajstić information content (AvgIpc) is 1.97. The Labute approximate surface area is 82.1 Å². The van der Waals surface area contributed by atoms with Crippen molar-refractivity contribution in [2.75, 3.05) is 19.3 Å². The van der Waals surface area contributed by atoms with Crippen molar-refractivity contribution in [1.82, 2.24) is 5.32 Å². The minimum atomic E-state index is 0.756. The Bertz CT molecular complexity index is 117. The molecule has 0 saturated heterocycles. The molecule has 1 nitrogen and oxygen atoms in total. The lowest BCUT2D eigenvalue weighted by Gasteiger charge is -2.07. The molecule has 0 aromatic carbocycles. The molecule has 0 amide bonds. The van der Waals surface area contributed by atoms with E-state index in [1.165, 1.54) is 6.42 Å². The van der Waals surface area contributed by atoms with Crippen LogP contribution in [0.4, 0.5) is 0 Å². The third-order valence-electron chi connectivity index (χ3n) is 1.45. The molecule has 0 radical (unpaired) electrons. The fourth-order valence-electron chi connectivity index (χ4n) is 0.647. The van der Waals surface area contributed by atoms with Gasteiger partial charge in [-0.25, -0.2) is 0 Å². The first-order chi connectivity index (χ1) is 5.16. The smallest absolute Gasteiger partial charge is 0.0265 e. The highest BCUT2D eigenvalue weighted by Crippen LogP contribution is 2.08. The molecule has 0 aromatic rings. The highest BCUT2D eigenvalue weighted by atomic mass is 79.9. The average molecular weight is 238 g/mol. The second kappa shape index (κ2) is 7.19. The summed E-state index contributed by atoms with van der Waals surface area (Å²) >= 11 is 5.21. The molecular formula is C8H16BrNS. The lowest BCUT2D eigenvalue weighted by Crippen LogP contribution is -2.19. The van der Waals surface area contributed by atoms with Crippen LogP contribution in [-0.2, 0) is 0 Å². The third kappa shape index (κ3) is 8.44. The first kappa shape index (κ1) is 11.5. The molecule has 0 aliphatic rings. The van der Waals surface area contributed by atoms with E-state index in [1.807, 2.05) is 11.8 Å². The molecule has 1 N–H and O–H groups in total. The summed E-state index contributed by atoms with van der Waals surface area (Å²) in [5.74, 6) is 0. The molecule has 0 aromatic heterocycles. The van der Waals surface area contributed by atoms with E-state index in [4.69, 9.17) is 0 Å². The number of nitrogens with one attached hydrogen (secondary N) is 1. The zero-order valence-corrected chi connectivity index (χ0v) is 9.59. The molecule has 0 aliphatic heterocycles. The van der Waals surface area contributed by atoms with Crippen LogP contribution >= 0.6 is 27.7 Å². The van der Waals surface area contributed by atoms with E-state index in [0.29, 0.717) is 0 Å². The maximum absolute atomic E-state index is 3.74. The lowest BCUT2D eigenvalue weighted by molar-refractivity contribution is 0.689. The van der Waals surface area contributed by atoms with Gasteiger partial charge in [0.05, 0.1) is 0 Å². The van der Waals surface area contributed by atoms with Crippen molar-refractivity contribution in [3.63, 3.8) is 0 Å². The Balaban J connectivity index is 3.08. The van der Waals surface area contributed by atoms with Crippen LogP contribution in [0.1, 0.15) is 13.3 Å². The third-order valence-corrected chi connectivity index (χ3v) is 2.77. The molecule has 0 aliphatic carbocycles. The zero-order valence-electron chi connectivity index (χ0n) is 7.19. The van der Waals surface area contributed by atoms with Crippen LogP contribution in [0, 0.1) is 0 Å². The summed E-state index contributed by atoms with van der Waals surface area (Å²) in [4.78, 5) is 0. The van der Waals surface area contributed by atoms with E-state index in [0.717, 1.165) is 22.8 Å². The van der Waals surface area contributed by atoms with Gasteiger partial charge in [-0.3, -0.25) is 0 Å². The van der Waals surface area contributed by atoms with Crippen molar-refractivity contribution in [2.24, 2.45) is 0 Å². The standard InChI is InChI=1S/C8H16BrNS/c1-7(9)6-10-5-4-8(2)11-3/h8,10H,1,4-6H2,2-3H3. The van der Waals surface area contributed by atoms with Gasteiger partial charge in [-0.05, 0) is 19.2 Å². The molecule has 0 bridgehead atoms. The molecular weight excluding hydrogens is 222 g/mol. The molecule has 0 saturated carbocycles. The van der Waals surface area contributed by atoms with E-state index in [2.05, 4.69) is 41.0 Å². The fraction of sp³-hybridized carbons (Fsp3) is 0.750. The van der Waals surface area contributed by atoms with E-state index in [1.54, 1.807) is 0 Å². The summed E-state index contributed by atoms with van der Waals surface area (Å²) in [5.41, 5.74) is 0. The SMILES string of the molecule is C=C(Br)CNCCC(C)SC. The number of hydrogen-bond donors (Lipinski definition) is 1. The first-order valence-corrected chi connectivity index (χ1v) is 5.81. The normalized spacial score (nSPS) is 13.0. The summed E-state index contributed by atoms with van der Waals surface area (Å²) in [6.45, 7) is 7.94. The highest BCUT2D eigenvalue weighted by Gasteiger charge is 1.97. The van der Waals surface area contributed by atoms with E-state index in [9.17, 15) is 0 Å². The van der Waals surface area contributed by atoms with Gasteiger partial charge < -0.3 is 5.32 Å². The number of halogens is 1. The fourth-order valence-corrected chi connectivity index (χ4v) is 1.20. The van der Waals surface area contributed by atoms with Crippen molar-refractivity contribution in [3.05, 3.63) is 11.1 Å². The van der Waals surface area contributed by atoms with Gasteiger partial charge in [0.15, 0.2) is 0 Å². The van der Waals surface area contributed by atoms with Gasteiger partial charge in [0.25, 0.3) is 0 Å². The van der Waals surface area contributed by atoms with Crippen LogP contribution in [0.2, 0.25) is 0 Å². The molecule has 0 spiro atoms. The predicted molar refractivity (Wildman–Crippen MR) is 58.5 cm³/mol. The first-order valence-electron chi connectivity index (χ1n) is 3.73. The topological polar surface area (TPSA) is 12.0 Å². The molecule has 3 heteroatoms. The van der Waals surface area contributed by atoms with Crippen molar-refractivity contribution in [2.45, 2.75) is 18.6 Å². The largest absolute Gasteiger partial charge is 0.312 e. The van der Waals surface area contributed by atoms with Crippen molar-refractivity contribution < 1.29 is 0 Å². The maximum Gasteiger partial charge on any atom is 0.0265 e. The Kier molecular flexibility index (Phi) is 7.54. The van der Waals surface area contributed by atoms with E-state index >= 15 is 0 Å². The van der Waals surface area contributed by atoms with Gasteiger partial charge >= 0.3 is 0 Å². The van der Waals surface area contributed by atoms with Gasteiger partial charge in [0.2, 0.25) is 0 Å². The van der Waals surface area contributed by atoms with Gasteiger partial charge in [-0.2, -0.15) is 11.8 Å².